The third-order valence-electron chi connectivity index (χ3n) is 3.03. The van der Waals surface area contributed by atoms with Gasteiger partial charge in [0.15, 0.2) is 0 Å². The molecule has 4 heteroatoms. The van der Waals surface area contributed by atoms with E-state index in [1.165, 1.54) is 0 Å². The Morgan fingerprint density at radius 1 is 1.35 bits per heavy atom. The van der Waals surface area contributed by atoms with Crippen molar-refractivity contribution >= 4 is 15.9 Å². The van der Waals surface area contributed by atoms with Crippen LogP contribution in [0.25, 0.3) is 0 Å². The summed E-state index contributed by atoms with van der Waals surface area (Å²) in [6.45, 7) is 7.15. The highest BCUT2D eigenvalue weighted by Gasteiger charge is 2.14. The molecule has 0 radical (unpaired) electrons. The normalized spacial score (nSPS) is 13.1. The van der Waals surface area contributed by atoms with Gasteiger partial charge in [0.05, 0.1) is 4.47 Å². The van der Waals surface area contributed by atoms with E-state index in [2.05, 4.69) is 34.7 Å². The number of hydrogen-bond acceptors (Lipinski definition) is 2. The van der Waals surface area contributed by atoms with E-state index in [0.717, 1.165) is 26.1 Å². The molecule has 17 heavy (non-hydrogen) atoms. The second-order valence-electron chi connectivity index (χ2n) is 4.07. The molecular weight excluding hydrogens is 283 g/mol. The Balaban J connectivity index is 2.63. The zero-order chi connectivity index (χ0) is 12.8. The Morgan fingerprint density at radius 2 is 2.00 bits per heavy atom. The third-order valence-corrected chi connectivity index (χ3v) is 3.64. The van der Waals surface area contributed by atoms with E-state index < -0.39 is 0 Å². The van der Waals surface area contributed by atoms with Gasteiger partial charge in [0.2, 0.25) is 0 Å². The summed E-state index contributed by atoms with van der Waals surface area (Å²) in [5.41, 5.74) is 6.62. The molecule has 0 heterocycles. The molecule has 0 saturated heterocycles. The topological polar surface area (TPSA) is 29.3 Å². The molecule has 0 aliphatic heterocycles. The van der Waals surface area contributed by atoms with Crippen molar-refractivity contribution in [3.8, 4) is 0 Å². The molecule has 0 aliphatic rings. The Morgan fingerprint density at radius 3 is 2.59 bits per heavy atom. The molecule has 1 atom stereocenters. The van der Waals surface area contributed by atoms with Crippen molar-refractivity contribution in [1.82, 2.24) is 4.90 Å². The fourth-order valence-corrected chi connectivity index (χ4v) is 2.21. The molecule has 1 aromatic rings. The van der Waals surface area contributed by atoms with Crippen LogP contribution in [0.5, 0.6) is 0 Å². The molecule has 1 rings (SSSR count). The lowest BCUT2D eigenvalue weighted by Gasteiger charge is -2.21. The number of nitrogens with zero attached hydrogens (tertiary/aromatic N) is 1. The van der Waals surface area contributed by atoms with Crippen LogP contribution in [0.3, 0.4) is 0 Å². The van der Waals surface area contributed by atoms with E-state index in [9.17, 15) is 4.39 Å². The standard InChI is InChI=1S/C13H20BrFN2/c1-3-17(4-2)9-8-12(16)10-6-5-7-11(14)13(10)15/h5-7,12H,3-4,8-9,16H2,1-2H3. The Labute approximate surface area is 111 Å². The maximum Gasteiger partial charge on any atom is 0.142 e. The second kappa shape index (κ2) is 7.09. The van der Waals surface area contributed by atoms with Crippen molar-refractivity contribution < 1.29 is 4.39 Å². The lowest BCUT2D eigenvalue weighted by Crippen LogP contribution is -2.27. The van der Waals surface area contributed by atoms with Gasteiger partial charge in [-0.15, -0.1) is 0 Å². The molecule has 1 aromatic carbocycles. The average Bonchev–Trinajstić information content (AvgIpc) is 2.33. The number of benzene rings is 1. The van der Waals surface area contributed by atoms with Crippen molar-refractivity contribution in [2.45, 2.75) is 26.3 Å². The number of rotatable bonds is 6. The van der Waals surface area contributed by atoms with Crippen LogP contribution in [0.1, 0.15) is 31.9 Å². The van der Waals surface area contributed by atoms with Crippen LogP contribution >= 0.6 is 15.9 Å². The molecule has 0 aliphatic carbocycles. The fourth-order valence-electron chi connectivity index (χ4n) is 1.82. The quantitative estimate of drug-likeness (QED) is 0.873. The minimum atomic E-state index is -0.243. The molecule has 0 aromatic heterocycles. The molecule has 2 N–H and O–H groups in total. The molecule has 0 spiro atoms. The second-order valence-corrected chi connectivity index (χ2v) is 4.92. The van der Waals surface area contributed by atoms with Crippen LogP contribution in [0.2, 0.25) is 0 Å². The number of hydrogen-bond donors (Lipinski definition) is 1. The van der Waals surface area contributed by atoms with E-state index in [0.29, 0.717) is 10.0 Å². The Hall–Kier alpha value is -0.450. The number of nitrogens with two attached hydrogens (primary N) is 1. The SMILES string of the molecule is CCN(CC)CCC(N)c1cccc(Br)c1F. The summed E-state index contributed by atoms with van der Waals surface area (Å²) in [4.78, 5) is 2.29. The van der Waals surface area contributed by atoms with Gasteiger partial charge >= 0.3 is 0 Å². The summed E-state index contributed by atoms with van der Waals surface area (Å²) in [6, 6.07) is 5.02. The molecular formula is C13H20BrFN2. The number of halogens is 2. The largest absolute Gasteiger partial charge is 0.324 e. The van der Waals surface area contributed by atoms with Crippen LogP contribution < -0.4 is 5.73 Å². The monoisotopic (exact) mass is 302 g/mol. The summed E-state index contributed by atoms with van der Waals surface area (Å²) in [5.74, 6) is -0.237. The zero-order valence-electron chi connectivity index (χ0n) is 10.4. The first-order chi connectivity index (χ1) is 8.10. The van der Waals surface area contributed by atoms with E-state index in [1.54, 1.807) is 12.1 Å². The van der Waals surface area contributed by atoms with Gasteiger partial charge in [0, 0.05) is 11.6 Å². The molecule has 96 valence electrons. The first-order valence-electron chi connectivity index (χ1n) is 6.02. The lowest BCUT2D eigenvalue weighted by atomic mass is 10.0. The predicted molar refractivity (Wildman–Crippen MR) is 73.4 cm³/mol. The summed E-state index contributed by atoms with van der Waals surface area (Å²) < 4.78 is 14.3. The van der Waals surface area contributed by atoms with Gasteiger partial charge in [-0.2, -0.15) is 0 Å². The third kappa shape index (κ3) is 4.05. The molecule has 0 amide bonds. The van der Waals surface area contributed by atoms with Crippen molar-refractivity contribution in [3.05, 3.63) is 34.1 Å². The van der Waals surface area contributed by atoms with Gasteiger partial charge in [0.1, 0.15) is 5.82 Å². The van der Waals surface area contributed by atoms with E-state index >= 15 is 0 Å². The van der Waals surface area contributed by atoms with Crippen molar-refractivity contribution in [2.24, 2.45) is 5.73 Å². The lowest BCUT2D eigenvalue weighted by molar-refractivity contribution is 0.290. The molecule has 2 nitrogen and oxygen atoms in total. The van der Waals surface area contributed by atoms with Crippen LogP contribution in [0, 0.1) is 5.82 Å². The van der Waals surface area contributed by atoms with Gasteiger partial charge in [0.25, 0.3) is 0 Å². The minimum absolute atomic E-state index is 0.237. The highest BCUT2D eigenvalue weighted by molar-refractivity contribution is 9.10. The highest BCUT2D eigenvalue weighted by Crippen LogP contribution is 2.24. The molecule has 1 unspecified atom stereocenters. The fraction of sp³-hybridized carbons (Fsp3) is 0.538. The maximum absolute atomic E-state index is 13.8. The van der Waals surface area contributed by atoms with E-state index in [-0.39, 0.29) is 11.9 Å². The summed E-state index contributed by atoms with van der Waals surface area (Å²) >= 11 is 3.18. The van der Waals surface area contributed by atoms with Crippen LogP contribution in [0.4, 0.5) is 4.39 Å². The molecule has 0 saturated carbocycles. The van der Waals surface area contributed by atoms with Crippen LogP contribution in [0.15, 0.2) is 22.7 Å². The average molecular weight is 303 g/mol. The summed E-state index contributed by atoms with van der Waals surface area (Å²) in [6.07, 6.45) is 0.773. The minimum Gasteiger partial charge on any atom is -0.324 e. The zero-order valence-corrected chi connectivity index (χ0v) is 12.0. The molecule has 0 fully saturated rings. The summed E-state index contributed by atoms with van der Waals surface area (Å²) in [5, 5.41) is 0. The smallest absolute Gasteiger partial charge is 0.142 e. The van der Waals surface area contributed by atoms with Gasteiger partial charge in [-0.3, -0.25) is 0 Å². The Bertz CT molecular complexity index is 353. The first-order valence-corrected chi connectivity index (χ1v) is 6.81. The van der Waals surface area contributed by atoms with Gasteiger partial charge in [-0.1, -0.05) is 26.0 Å². The highest BCUT2D eigenvalue weighted by atomic mass is 79.9. The van der Waals surface area contributed by atoms with Gasteiger partial charge in [-0.25, -0.2) is 4.39 Å². The van der Waals surface area contributed by atoms with E-state index in [1.807, 2.05) is 6.07 Å². The predicted octanol–water partition coefficient (Wildman–Crippen LogP) is 3.32. The van der Waals surface area contributed by atoms with E-state index in [4.69, 9.17) is 5.73 Å². The summed E-state index contributed by atoms with van der Waals surface area (Å²) in [7, 11) is 0. The van der Waals surface area contributed by atoms with Crippen molar-refractivity contribution in [2.75, 3.05) is 19.6 Å². The van der Waals surface area contributed by atoms with Crippen LogP contribution in [-0.2, 0) is 0 Å². The van der Waals surface area contributed by atoms with Crippen molar-refractivity contribution in [1.29, 1.82) is 0 Å². The Kier molecular flexibility index (Phi) is 6.09. The molecule has 0 bridgehead atoms. The first kappa shape index (κ1) is 14.6. The van der Waals surface area contributed by atoms with Gasteiger partial charge in [-0.05, 0) is 48.1 Å². The van der Waals surface area contributed by atoms with Crippen molar-refractivity contribution in [3.63, 3.8) is 0 Å². The van der Waals surface area contributed by atoms with Gasteiger partial charge < -0.3 is 10.6 Å². The maximum atomic E-state index is 13.8. The van der Waals surface area contributed by atoms with Crippen LogP contribution in [-0.4, -0.2) is 24.5 Å².